The first-order valence-electron chi connectivity index (χ1n) is 2.87. The number of hydrogen-bond donors (Lipinski definition) is 0. The number of hydrogen-bond acceptors (Lipinski definition) is 4. The summed E-state index contributed by atoms with van der Waals surface area (Å²) in [5.74, 6) is -0.701. The predicted molar refractivity (Wildman–Crippen MR) is 32.5 cm³/mol. The molecular formula is C5H9NO4. The van der Waals surface area contributed by atoms with Crippen LogP contribution in [0.4, 0.5) is 0 Å². The van der Waals surface area contributed by atoms with Crippen molar-refractivity contribution >= 4 is 5.97 Å². The maximum absolute atomic E-state index is 10.4. The second-order valence-electron chi connectivity index (χ2n) is 2.28. The summed E-state index contributed by atoms with van der Waals surface area (Å²) >= 11 is 0. The predicted octanol–water partition coefficient (Wildman–Crippen LogP) is 0.767. The van der Waals surface area contributed by atoms with Gasteiger partial charge in [-0.1, -0.05) is 13.8 Å². The van der Waals surface area contributed by atoms with Gasteiger partial charge in [0.2, 0.25) is 0 Å². The molecule has 10 heavy (non-hydrogen) atoms. The molecule has 0 aromatic carbocycles. The number of nitrogens with zero attached hydrogens (tertiary/aromatic N) is 1. The molecule has 0 aliphatic heterocycles. The Labute approximate surface area is 58.1 Å². The van der Waals surface area contributed by atoms with Gasteiger partial charge in [-0.3, -0.25) is 4.79 Å². The van der Waals surface area contributed by atoms with E-state index < -0.39 is 11.1 Å². The first kappa shape index (κ1) is 8.87. The Kier molecular flexibility index (Phi) is 3.38. The van der Waals surface area contributed by atoms with Crippen LogP contribution in [-0.4, -0.2) is 11.1 Å². The molecule has 0 radical (unpaired) electrons. The van der Waals surface area contributed by atoms with E-state index in [2.05, 4.69) is 4.84 Å². The molecule has 0 bridgehead atoms. The van der Waals surface area contributed by atoms with Crippen LogP contribution >= 0.6 is 0 Å². The van der Waals surface area contributed by atoms with Crippen molar-refractivity contribution in [1.82, 2.24) is 0 Å². The summed E-state index contributed by atoms with van der Waals surface area (Å²) in [6.45, 7) is 3.56. The van der Waals surface area contributed by atoms with Crippen molar-refractivity contribution in [3.63, 3.8) is 0 Å². The lowest BCUT2D eigenvalue weighted by molar-refractivity contribution is -0.729. The molecular weight excluding hydrogens is 138 g/mol. The van der Waals surface area contributed by atoms with E-state index in [9.17, 15) is 14.9 Å². The van der Waals surface area contributed by atoms with Gasteiger partial charge in [0.25, 0.3) is 0 Å². The third-order valence-electron chi connectivity index (χ3n) is 0.751. The maximum Gasteiger partial charge on any atom is 0.304 e. The van der Waals surface area contributed by atoms with Gasteiger partial charge < -0.3 is 0 Å². The second-order valence-corrected chi connectivity index (χ2v) is 2.28. The lowest BCUT2D eigenvalue weighted by atomic mass is 10.1. The summed E-state index contributed by atoms with van der Waals surface area (Å²) in [4.78, 5) is 23.6. The Morgan fingerprint density at radius 2 is 2.20 bits per heavy atom. The van der Waals surface area contributed by atoms with E-state index in [1.165, 1.54) is 0 Å². The highest BCUT2D eigenvalue weighted by molar-refractivity contribution is 5.68. The van der Waals surface area contributed by atoms with Crippen molar-refractivity contribution in [1.29, 1.82) is 0 Å². The molecule has 0 aliphatic carbocycles. The molecule has 0 aliphatic rings. The average molecular weight is 147 g/mol. The van der Waals surface area contributed by atoms with Gasteiger partial charge in [-0.2, -0.15) is 0 Å². The van der Waals surface area contributed by atoms with Gasteiger partial charge in [0, 0.05) is 6.42 Å². The Hall–Kier alpha value is -1.13. The first-order chi connectivity index (χ1) is 4.52. The summed E-state index contributed by atoms with van der Waals surface area (Å²) in [5.41, 5.74) is 0. The molecule has 0 unspecified atom stereocenters. The minimum atomic E-state index is -1.09. The summed E-state index contributed by atoms with van der Waals surface area (Å²) in [7, 11) is 0. The van der Waals surface area contributed by atoms with Crippen LogP contribution in [0, 0.1) is 16.0 Å². The van der Waals surface area contributed by atoms with Gasteiger partial charge in [0.05, 0.1) is 0 Å². The van der Waals surface area contributed by atoms with Crippen LogP contribution in [-0.2, 0) is 9.63 Å². The van der Waals surface area contributed by atoms with Gasteiger partial charge in [-0.15, -0.1) is 10.1 Å². The molecule has 0 N–H and O–H groups in total. The summed E-state index contributed by atoms with van der Waals surface area (Å²) in [5, 5.41) is 8.46. The van der Waals surface area contributed by atoms with Crippen LogP contribution in [0.15, 0.2) is 0 Å². The zero-order valence-corrected chi connectivity index (χ0v) is 5.86. The van der Waals surface area contributed by atoms with Gasteiger partial charge >= 0.3 is 11.1 Å². The molecule has 0 atom stereocenters. The molecule has 0 fully saturated rings. The highest BCUT2D eigenvalue weighted by Gasteiger charge is 2.08. The maximum atomic E-state index is 10.4. The van der Waals surface area contributed by atoms with Crippen LogP contribution in [0.5, 0.6) is 0 Å². The van der Waals surface area contributed by atoms with E-state index in [0.717, 1.165) is 0 Å². The van der Waals surface area contributed by atoms with E-state index in [4.69, 9.17) is 0 Å². The normalized spacial score (nSPS) is 9.50. The number of carbonyl (C=O) groups is 1. The van der Waals surface area contributed by atoms with Crippen LogP contribution in [0.25, 0.3) is 0 Å². The summed E-state index contributed by atoms with van der Waals surface area (Å²) < 4.78 is 0. The van der Waals surface area contributed by atoms with Crippen molar-refractivity contribution in [2.24, 2.45) is 5.92 Å². The lowest BCUT2D eigenvalue weighted by Gasteiger charge is -1.99. The van der Waals surface area contributed by atoms with Gasteiger partial charge in [-0.25, -0.2) is 4.84 Å². The molecule has 58 valence electrons. The van der Waals surface area contributed by atoms with Crippen LogP contribution in [0.1, 0.15) is 20.3 Å². The van der Waals surface area contributed by atoms with Gasteiger partial charge in [0.1, 0.15) is 0 Å². The molecule has 5 nitrogen and oxygen atoms in total. The fourth-order valence-corrected chi connectivity index (χ4v) is 0.454. The summed E-state index contributed by atoms with van der Waals surface area (Å²) in [6.07, 6.45) is 0.0843. The standard InChI is InChI=1S/C5H9NO4/c1-4(2)3-5(7)10-6(8)9/h4H,3H2,1-2H3. The SMILES string of the molecule is CC(C)CC(=O)O[N+](=O)[O-]. The van der Waals surface area contributed by atoms with E-state index in [1.807, 2.05) is 0 Å². The fraction of sp³-hybridized carbons (Fsp3) is 0.800. The van der Waals surface area contributed by atoms with E-state index in [-0.39, 0.29) is 12.3 Å². The summed E-state index contributed by atoms with van der Waals surface area (Å²) in [6, 6.07) is 0. The van der Waals surface area contributed by atoms with Crippen molar-refractivity contribution < 1.29 is 14.7 Å². The molecule has 0 spiro atoms. The van der Waals surface area contributed by atoms with Crippen molar-refractivity contribution in [2.75, 3.05) is 0 Å². The zero-order chi connectivity index (χ0) is 8.15. The number of carbonyl (C=O) groups excluding carboxylic acids is 1. The van der Waals surface area contributed by atoms with E-state index in [1.54, 1.807) is 13.8 Å². The van der Waals surface area contributed by atoms with Crippen molar-refractivity contribution in [2.45, 2.75) is 20.3 Å². The lowest BCUT2D eigenvalue weighted by Crippen LogP contribution is -2.11. The molecule has 5 heteroatoms. The highest BCUT2D eigenvalue weighted by Crippen LogP contribution is 2.00. The molecule has 0 aromatic heterocycles. The highest BCUT2D eigenvalue weighted by atomic mass is 17.0. The van der Waals surface area contributed by atoms with Gasteiger partial charge in [0.15, 0.2) is 0 Å². The molecule has 0 rings (SSSR count). The molecule has 0 saturated heterocycles. The van der Waals surface area contributed by atoms with Crippen LogP contribution in [0.3, 0.4) is 0 Å². The Balaban J connectivity index is 3.54. The topological polar surface area (TPSA) is 69.4 Å². The minimum Gasteiger partial charge on any atom is -0.268 e. The molecule has 0 saturated carbocycles. The molecule has 0 amide bonds. The van der Waals surface area contributed by atoms with Crippen LogP contribution < -0.4 is 0 Å². The van der Waals surface area contributed by atoms with Gasteiger partial charge in [-0.05, 0) is 5.92 Å². The monoisotopic (exact) mass is 147 g/mol. The minimum absolute atomic E-state index is 0.0843. The third kappa shape index (κ3) is 5.02. The first-order valence-corrected chi connectivity index (χ1v) is 2.87. The van der Waals surface area contributed by atoms with E-state index in [0.29, 0.717) is 0 Å². The third-order valence-corrected chi connectivity index (χ3v) is 0.751. The van der Waals surface area contributed by atoms with Crippen molar-refractivity contribution in [3.05, 3.63) is 10.1 Å². The quantitative estimate of drug-likeness (QED) is 0.436. The Morgan fingerprint density at radius 1 is 1.70 bits per heavy atom. The van der Waals surface area contributed by atoms with E-state index >= 15 is 0 Å². The Morgan fingerprint density at radius 3 is 2.50 bits per heavy atom. The molecule has 0 heterocycles. The molecule has 0 aromatic rings. The largest absolute Gasteiger partial charge is 0.304 e. The number of rotatable bonds is 3. The zero-order valence-electron chi connectivity index (χ0n) is 5.86. The second kappa shape index (κ2) is 3.81. The van der Waals surface area contributed by atoms with Crippen LogP contribution in [0.2, 0.25) is 0 Å². The fourth-order valence-electron chi connectivity index (χ4n) is 0.454. The van der Waals surface area contributed by atoms with Crippen molar-refractivity contribution in [3.8, 4) is 0 Å². The Bertz CT molecular complexity index is 143. The smallest absolute Gasteiger partial charge is 0.268 e. The average Bonchev–Trinajstić information content (AvgIpc) is 1.58.